The van der Waals surface area contributed by atoms with E-state index in [-0.39, 0.29) is 24.0 Å². The van der Waals surface area contributed by atoms with Crippen LogP contribution in [-0.4, -0.2) is 50.1 Å². The van der Waals surface area contributed by atoms with Crippen LogP contribution < -0.4 is 10.6 Å². The molecule has 2 N–H and O–H groups in total. The number of hydrogen-bond donors (Lipinski definition) is 2. The van der Waals surface area contributed by atoms with Gasteiger partial charge in [-0.3, -0.25) is 4.99 Å². The third-order valence-corrected chi connectivity index (χ3v) is 3.95. The third kappa shape index (κ3) is 10.3. The zero-order valence-corrected chi connectivity index (χ0v) is 16.5. The molecule has 5 heteroatoms. The van der Waals surface area contributed by atoms with E-state index in [2.05, 4.69) is 41.3 Å². The van der Waals surface area contributed by atoms with Crippen LogP contribution in [0.15, 0.2) is 4.99 Å². The van der Waals surface area contributed by atoms with Crippen molar-refractivity contribution in [1.29, 1.82) is 0 Å². The van der Waals surface area contributed by atoms with Gasteiger partial charge in [0.2, 0.25) is 0 Å². The van der Waals surface area contributed by atoms with Gasteiger partial charge in [-0.25, -0.2) is 0 Å². The van der Waals surface area contributed by atoms with Crippen molar-refractivity contribution in [3.8, 4) is 0 Å². The van der Waals surface area contributed by atoms with Gasteiger partial charge in [-0.05, 0) is 58.2 Å². The summed E-state index contributed by atoms with van der Waals surface area (Å²) in [5, 5.41) is 6.70. The van der Waals surface area contributed by atoms with E-state index in [1.165, 1.54) is 51.7 Å². The number of likely N-dealkylation sites (tertiary alicyclic amines) is 1. The van der Waals surface area contributed by atoms with E-state index in [0.717, 1.165) is 31.5 Å². The van der Waals surface area contributed by atoms with Crippen molar-refractivity contribution in [3.05, 3.63) is 0 Å². The molecule has 0 unspecified atom stereocenters. The Balaban J connectivity index is 0.00000400. The summed E-state index contributed by atoms with van der Waals surface area (Å²) in [6.07, 6.45) is 6.32. The molecular formula is C16H35IN4. The van der Waals surface area contributed by atoms with Crippen LogP contribution in [0.4, 0.5) is 0 Å². The number of piperidine rings is 1. The van der Waals surface area contributed by atoms with Crippen LogP contribution in [0.1, 0.15) is 52.9 Å². The molecule has 0 aromatic heterocycles. The van der Waals surface area contributed by atoms with E-state index in [9.17, 15) is 0 Å². The van der Waals surface area contributed by atoms with E-state index in [1.54, 1.807) is 0 Å². The van der Waals surface area contributed by atoms with Crippen LogP contribution in [-0.2, 0) is 0 Å². The van der Waals surface area contributed by atoms with Crippen LogP contribution >= 0.6 is 24.0 Å². The fraction of sp³-hybridized carbons (Fsp3) is 0.938. The minimum Gasteiger partial charge on any atom is -0.357 e. The highest BCUT2D eigenvalue weighted by atomic mass is 127. The average Bonchev–Trinajstić information content (AvgIpc) is 2.45. The summed E-state index contributed by atoms with van der Waals surface area (Å²) in [6, 6.07) is 0. The minimum absolute atomic E-state index is 0. The molecule has 0 atom stereocenters. The van der Waals surface area contributed by atoms with Crippen LogP contribution in [0.3, 0.4) is 0 Å². The first-order chi connectivity index (χ1) is 9.76. The van der Waals surface area contributed by atoms with Gasteiger partial charge in [-0.1, -0.05) is 20.3 Å². The van der Waals surface area contributed by atoms with Gasteiger partial charge in [-0.2, -0.15) is 0 Å². The Kier molecular flexibility index (Phi) is 13.6. The van der Waals surface area contributed by atoms with Crippen molar-refractivity contribution < 1.29 is 0 Å². The van der Waals surface area contributed by atoms with Crippen LogP contribution in [0, 0.1) is 5.92 Å². The molecule has 1 heterocycles. The molecule has 1 fully saturated rings. The van der Waals surface area contributed by atoms with Gasteiger partial charge in [0.05, 0.1) is 0 Å². The number of guanidine groups is 1. The molecule has 126 valence electrons. The molecule has 1 saturated heterocycles. The average molecular weight is 410 g/mol. The number of nitrogens with one attached hydrogen (secondary N) is 2. The fourth-order valence-electron chi connectivity index (χ4n) is 2.50. The Labute approximate surface area is 148 Å². The number of nitrogens with zero attached hydrogens (tertiary/aromatic N) is 2. The van der Waals surface area contributed by atoms with Crippen LogP contribution in [0.5, 0.6) is 0 Å². The quantitative estimate of drug-likeness (QED) is 0.280. The zero-order chi connectivity index (χ0) is 14.6. The molecule has 0 aromatic rings. The van der Waals surface area contributed by atoms with Crippen molar-refractivity contribution in [2.75, 3.05) is 39.3 Å². The largest absolute Gasteiger partial charge is 0.357 e. The molecule has 0 bridgehead atoms. The highest BCUT2D eigenvalue weighted by Crippen LogP contribution is 2.15. The summed E-state index contributed by atoms with van der Waals surface area (Å²) in [4.78, 5) is 7.24. The Hall–Kier alpha value is -0.0400. The SMILES string of the molecule is CCCCNC(=NCCCN1CCC(C)CC1)NCC.I. The Morgan fingerprint density at radius 1 is 1.14 bits per heavy atom. The summed E-state index contributed by atoms with van der Waals surface area (Å²) >= 11 is 0. The van der Waals surface area contributed by atoms with Crippen LogP contribution in [0.2, 0.25) is 0 Å². The summed E-state index contributed by atoms with van der Waals surface area (Å²) < 4.78 is 0. The fourth-order valence-corrected chi connectivity index (χ4v) is 2.50. The first-order valence-electron chi connectivity index (χ1n) is 8.50. The number of halogens is 1. The molecule has 1 aliphatic rings. The van der Waals surface area contributed by atoms with Gasteiger partial charge < -0.3 is 15.5 Å². The first-order valence-corrected chi connectivity index (χ1v) is 8.50. The molecule has 0 aliphatic carbocycles. The summed E-state index contributed by atoms with van der Waals surface area (Å²) in [5.41, 5.74) is 0. The lowest BCUT2D eigenvalue weighted by atomic mass is 9.99. The Morgan fingerprint density at radius 3 is 2.48 bits per heavy atom. The summed E-state index contributed by atoms with van der Waals surface area (Å²) in [7, 11) is 0. The van der Waals surface area contributed by atoms with Crippen molar-refractivity contribution in [3.63, 3.8) is 0 Å². The smallest absolute Gasteiger partial charge is 0.191 e. The Morgan fingerprint density at radius 2 is 1.86 bits per heavy atom. The van der Waals surface area contributed by atoms with Gasteiger partial charge in [0.15, 0.2) is 5.96 Å². The molecule has 21 heavy (non-hydrogen) atoms. The second-order valence-electron chi connectivity index (χ2n) is 5.92. The van der Waals surface area contributed by atoms with Gasteiger partial charge in [0, 0.05) is 19.6 Å². The predicted octanol–water partition coefficient (Wildman–Crippen LogP) is 3.08. The van der Waals surface area contributed by atoms with Gasteiger partial charge >= 0.3 is 0 Å². The third-order valence-electron chi connectivity index (χ3n) is 3.95. The number of hydrogen-bond acceptors (Lipinski definition) is 2. The lowest BCUT2D eigenvalue weighted by molar-refractivity contribution is 0.192. The topological polar surface area (TPSA) is 39.7 Å². The van der Waals surface area contributed by atoms with Crippen molar-refractivity contribution in [2.45, 2.75) is 52.9 Å². The van der Waals surface area contributed by atoms with Crippen molar-refractivity contribution >= 4 is 29.9 Å². The molecule has 1 rings (SSSR count). The lowest BCUT2D eigenvalue weighted by Gasteiger charge is -2.29. The van der Waals surface area contributed by atoms with E-state index in [0.29, 0.717) is 0 Å². The summed E-state index contributed by atoms with van der Waals surface area (Å²) in [5.74, 6) is 1.90. The second kappa shape index (κ2) is 13.6. The van der Waals surface area contributed by atoms with E-state index >= 15 is 0 Å². The van der Waals surface area contributed by atoms with Crippen molar-refractivity contribution in [1.82, 2.24) is 15.5 Å². The molecule has 0 amide bonds. The van der Waals surface area contributed by atoms with E-state index in [1.807, 2.05) is 0 Å². The zero-order valence-electron chi connectivity index (χ0n) is 14.2. The maximum Gasteiger partial charge on any atom is 0.191 e. The monoisotopic (exact) mass is 410 g/mol. The normalized spacial score (nSPS) is 17.4. The maximum absolute atomic E-state index is 4.65. The summed E-state index contributed by atoms with van der Waals surface area (Å²) in [6.45, 7) is 13.3. The van der Waals surface area contributed by atoms with Gasteiger partial charge in [0.25, 0.3) is 0 Å². The molecule has 0 radical (unpaired) electrons. The minimum atomic E-state index is 0. The van der Waals surface area contributed by atoms with Gasteiger partial charge in [0.1, 0.15) is 0 Å². The highest BCUT2D eigenvalue weighted by molar-refractivity contribution is 14.0. The number of rotatable bonds is 8. The molecule has 0 saturated carbocycles. The van der Waals surface area contributed by atoms with E-state index in [4.69, 9.17) is 0 Å². The standard InChI is InChI=1S/C16H34N4.HI/c1-4-6-10-18-16(17-5-2)19-11-7-12-20-13-8-15(3)9-14-20;/h15H,4-14H2,1-3H3,(H2,17,18,19);1H. The second-order valence-corrected chi connectivity index (χ2v) is 5.92. The molecule has 0 aromatic carbocycles. The maximum atomic E-state index is 4.65. The van der Waals surface area contributed by atoms with E-state index < -0.39 is 0 Å². The molecule has 4 nitrogen and oxygen atoms in total. The first kappa shape index (κ1) is 21.0. The molecule has 0 spiro atoms. The predicted molar refractivity (Wildman–Crippen MR) is 104 cm³/mol. The molecular weight excluding hydrogens is 375 g/mol. The Bertz CT molecular complexity index is 263. The lowest BCUT2D eigenvalue weighted by Crippen LogP contribution is -2.38. The van der Waals surface area contributed by atoms with Crippen molar-refractivity contribution in [2.24, 2.45) is 10.9 Å². The van der Waals surface area contributed by atoms with Gasteiger partial charge in [-0.15, -0.1) is 24.0 Å². The number of aliphatic imine (C=N–C) groups is 1. The number of unbranched alkanes of at least 4 members (excludes halogenated alkanes) is 1. The molecule has 1 aliphatic heterocycles. The highest BCUT2D eigenvalue weighted by Gasteiger charge is 2.14. The van der Waals surface area contributed by atoms with Crippen LogP contribution in [0.25, 0.3) is 0 Å².